The number of rotatable bonds is 7. The van der Waals surface area contributed by atoms with E-state index in [2.05, 4.69) is 31.0 Å². The van der Waals surface area contributed by atoms with Crippen LogP contribution in [0.3, 0.4) is 0 Å². The van der Waals surface area contributed by atoms with Crippen molar-refractivity contribution in [3.05, 3.63) is 53.2 Å². The number of hydrogen-bond acceptors (Lipinski definition) is 6. The van der Waals surface area contributed by atoms with Crippen LogP contribution in [0.2, 0.25) is 0 Å². The normalized spacial score (nSPS) is 11.2. The van der Waals surface area contributed by atoms with Crippen molar-refractivity contribution in [2.45, 2.75) is 33.5 Å². The molecule has 0 spiro atoms. The molecule has 0 atom stereocenters. The first kappa shape index (κ1) is 23.8. The maximum Gasteiger partial charge on any atom is 0.433 e. The Hall–Kier alpha value is -3.83. The van der Waals surface area contributed by atoms with Gasteiger partial charge in [-0.05, 0) is 38.5 Å². The van der Waals surface area contributed by atoms with Crippen LogP contribution in [0.1, 0.15) is 29.6 Å². The first-order valence-electron chi connectivity index (χ1n) is 10.0. The summed E-state index contributed by atoms with van der Waals surface area (Å²) in [5, 5.41) is 12.5. The van der Waals surface area contributed by atoms with Crippen LogP contribution >= 0.6 is 0 Å². The van der Waals surface area contributed by atoms with Crippen molar-refractivity contribution in [2.24, 2.45) is 7.05 Å². The number of urea groups is 1. The number of nitrogens with zero attached hydrogens (tertiary/aromatic N) is 4. The van der Waals surface area contributed by atoms with E-state index in [1.54, 1.807) is 23.9 Å². The summed E-state index contributed by atoms with van der Waals surface area (Å²) in [5.41, 5.74) is 2.72. The summed E-state index contributed by atoms with van der Waals surface area (Å²) >= 11 is 0. The molecule has 3 N–H and O–H groups in total. The van der Waals surface area contributed by atoms with Gasteiger partial charge in [-0.1, -0.05) is 0 Å². The second kappa shape index (κ2) is 9.76. The maximum absolute atomic E-state index is 13.1. The van der Waals surface area contributed by atoms with Gasteiger partial charge in [-0.25, -0.2) is 9.78 Å². The molecule has 33 heavy (non-hydrogen) atoms. The predicted molar refractivity (Wildman–Crippen MR) is 116 cm³/mol. The van der Waals surface area contributed by atoms with Gasteiger partial charge in [-0.3, -0.25) is 9.67 Å². The molecule has 3 rings (SSSR count). The molecule has 3 heterocycles. The summed E-state index contributed by atoms with van der Waals surface area (Å²) in [4.78, 5) is 20.0. The van der Waals surface area contributed by atoms with Crippen molar-refractivity contribution in [2.75, 3.05) is 17.2 Å². The summed E-state index contributed by atoms with van der Waals surface area (Å²) < 4.78 is 46.0. The van der Waals surface area contributed by atoms with Crippen LogP contribution in [-0.2, 0) is 19.8 Å². The van der Waals surface area contributed by atoms with Crippen molar-refractivity contribution >= 4 is 23.1 Å². The Labute approximate surface area is 188 Å². The molecule has 0 aliphatic carbocycles. The number of alkyl halides is 3. The Balaban J connectivity index is 1.63. The third-order valence-electron chi connectivity index (χ3n) is 4.52. The van der Waals surface area contributed by atoms with Gasteiger partial charge in [0.15, 0.2) is 5.69 Å². The van der Waals surface area contributed by atoms with Crippen LogP contribution in [0.5, 0.6) is 5.88 Å². The molecule has 0 aliphatic rings. The van der Waals surface area contributed by atoms with Gasteiger partial charge in [0.2, 0.25) is 5.88 Å². The van der Waals surface area contributed by atoms with E-state index in [9.17, 15) is 18.0 Å². The number of halogens is 3. The lowest BCUT2D eigenvalue weighted by Crippen LogP contribution is -2.28. The molecule has 0 aliphatic heterocycles. The predicted octanol–water partition coefficient (Wildman–Crippen LogP) is 4.31. The van der Waals surface area contributed by atoms with Crippen LogP contribution in [0.15, 0.2) is 30.6 Å². The number of nitrogens with one attached hydrogen (secondary N) is 3. The summed E-state index contributed by atoms with van der Waals surface area (Å²) in [7, 11) is 1.83. The largest absolute Gasteiger partial charge is 0.478 e. The molecule has 9 nitrogen and oxygen atoms in total. The van der Waals surface area contributed by atoms with E-state index in [1.165, 1.54) is 6.07 Å². The Bertz CT molecular complexity index is 1150. The number of aryl methyl sites for hydroxylation is 3. The molecule has 0 saturated carbocycles. The molecule has 0 unspecified atom stereocenters. The quantitative estimate of drug-likeness (QED) is 0.482. The number of hydrogen-bond donors (Lipinski definition) is 3. The minimum absolute atomic E-state index is 0.0778. The van der Waals surface area contributed by atoms with E-state index in [1.807, 2.05) is 27.1 Å². The maximum atomic E-state index is 13.1. The van der Waals surface area contributed by atoms with Crippen LogP contribution in [0.4, 0.5) is 35.0 Å². The summed E-state index contributed by atoms with van der Waals surface area (Å²) in [6.45, 7) is 5.62. The van der Waals surface area contributed by atoms with E-state index < -0.39 is 17.9 Å². The fourth-order valence-corrected chi connectivity index (χ4v) is 3.00. The molecule has 3 aromatic rings. The van der Waals surface area contributed by atoms with Gasteiger partial charge in [0, 0.05) is 25.0 Å². The lowest BCUT2D eigenvalue weighted by molar-refractivity contribution is -0.141. The zero-order valence-corrected chi connectivity index (χ0v) is 18.5. The molecule has 12 heteroatoms. The van der Waals surface area contributed by atoms with Gasteiger partial charge in [0.25, 0.3) is 0 Å². The lowest BCUT2D eigenvalue weighted by Gasteiger charge is -2.13. The zero-order valence-electron chi connectivity index (χ0n) is 18.5. The van der Waals surface area contributed by atoms with Crippen LogP contribution in [0.25, 0.3) is 0 Å². The number of aromatic nitrogens is 4. The highest BCUT2D eigenvalue weighted by Crippen LogP contribution is 2.31. The number of anilines is 3. The van der Waals surface area contributed by atoms with Gasteiger partial charge in [-0.15, -0.1) is 0 Å². The SMILES string of the molecule is CCOc1cc(NC(=O)NCc2cc(C)c(Nc3cn(C)nc3C)cn2)cc(C(F)(F)F)n1. The Morgan fingerprint density at radius 2 is 1.94 bits per heavy atom. The Morgan fingerprint density at radius 3 is 2.55 bits per heavy atom. The summed E-state index contributed by atoms with van der Waals surface area (Å²) in [5.74, 6) is -0.230. The van der Waals surface area contributed by atoms with Gasteiger partial charge < -0.3 is 20.7 Å². The topological polar surface area (TPSA) is 106 Å². The monoisotopic (exact) mass is 463 g/mol. The number of amides is 2. The highest BCUT2D eigenvalue weighted by atomic mass is 19.4. The molecule has 3 aromatic heterocycles. The third kappa shape index (κ3) is 6.34. The molecular weight excluding hydrogens is 439 g/mol. The standard InChI is InChI=1S/C21H24F3N7O2/c1-5-33-19-8-14(7-18(29-19)21(22,23)24)27-20(32)26-9-15-6-12(2)16(10-25-15)28-17-11-31(4)30-13(17)3/h6-8,10-11,28H,5,9H2,1-4H3,(H2,26,27,29,32). The first-order chi connectivity index (χ1) is 15.5. The van der Waals surface area contributed by atoms with E-state index in [4.69, 9.17) is 4.74 Å². The van der Waals surface area contributed by atoms with Gasteiger partial charge in [0.05, 0.1) is 42.1 Å². The minimum atomic E-state index is -4.68. The second-order valence-corrected chi connectivity index (χ2v) is 7.24. The zero-order chi connectivity index (χ0) is 24.2. The first-order valence-corrected chi connectivity index (χ1v) is 10.0. The summed E-state index contributed by atoms with van der Waals surface area (Å²) in [6, 6.07) is 3.08. The Kier molecular flexibility index (Phi) is 7.04. The third-order valence-corrected chi connectivity index (χ3v) is 4.52. The van der Waals surface area contributed by atoms with Crippen molar-refractivity contribution in [3.8, 4) is 5.88 Å². The second-order valence-electron chi connectivity index (χ2n) is 7.24. The van der Waals surface area contributed by atoms with Crippen LogP contribution in [0, 0.1) is 13.8 Å². The van der Waals surface area contributed by atoms with Gasteiger partial charge >= 0.3 is 12.2 Å². The molecule has 0 aromatic carbocycles. The molecule has 0 bridgehead atoms. The highest BCUT2D eigenvalue weighted by molar-refractivity contribution is 5.89. The lowest BCUT2D eigenvalue weighted by atomic mass is 10.2. The molecular formula is C21H24F3N7O2. The smallest absolute Gasteiger partial charge is 0.433 e. The van der Waals surface area contributed by atoms with Crippen molar-refractivity contribution in [1.82, 2.24) is 25.1 Å². The molecule has 2 amide bonds. The molecule has 0 saturated heterocycles. The number of carbonyl (C=O) groups is 1. The van der Waals surface area contributed by atoms with Gasteiger partial charge in [0.1, 0.15) is 0 Å². The average molecular weight is 463 g/mol. The minimum Gasteiger partial charge on any atom is -0.478 e. The number of pyridine rings is 2. The van der Waals surface area contributed by atoms with Crippen molar-refractivity contribution < 1.29 is 22.7 Å². The fraction of sp³-hybridized carbons (Fsp3) is 0.333. The van der Waals surface area contributed by atoms with Gasteiger partial charge in [-0.2, -0.15) is 18.3 Å². The summed E-state index contributed by atoms with van der Waals surface area (Å²) in [6.07, 6.45) is -1.18. The van der Waals surface area contributed by atoms with Crippen LogP contribution < -0.4 is 20.7 Å². The fourth-order valence-electron chi connectivity index (χ4n) is 3.00. The van der Waals surface area contributed by atoms with E-state index in [0.29, 0.717) is 5.69 Å². The molecule has 0 radical (unpaired) electrons. The average Bonchev–Trinajstić information content (AvgIpc) is 3.04. The molecule has 0 fully saturated rings. The van der Waals surface area contributed by atoms with E-state index in [0.717, 1.165) is 28.7 Å². The van der Waals surface area contributed by atoms with E-state index >= 15 is 0 Å². The highest BCUT2D eigenvalue weighted by Gasteiger charge is 2.33. The van der Waals surface area contributed by atoms with Crippen molar-refractivity contribution in [3.63, 3.8) is 0 Å². The van der Waals surface area contributed by atoms with E-state index in [-0.39, 0.29) is 24.7 Å². The number of ether oxygens (including phenoxy) is 1. The molecule has 176 valence electrons. The Morgan fingerprint density at radius 1 is 1.18 bits per heavy atom. The van der Waals surface area contributed by atoms with Crippen LogP contribution in [-0.4, -0.2) is 32.4 Å². The number of carbonyl (C=O) groups excluding carboxylic acids is 1. The van der Waals surface area contributed by atoms with Crippen molar-refractivity contribution in [1.29, 1.82) is 0 Å².